The van der Waals surface area contributed by atoms with Gasteiger partial charge in [0.05, 0.1) is 29.5 Å². The molecular weight excluding hydrogens is 358 g/mol. The summed E-state index contributed by atoms with van der Waals surface area (Å²) in [5.74, 6) is -1.80. The van der Waals surface area contributed by atoms with Crippen molar-refractivity contribution in [2.24, 2.45) is 0 Å². The maximum atomic E-state index is 12.8. The molecule has 0 aliphatic carbocycles. The standard InChI is InChI=1S/C18H24F2N4OS/c1-4-23(17(25)7-10-26-11-8-18(3,19)20)16-13-24(22-14(16)2)15-6-5-9-21-12-15/h5-6,9,12-13H,4,7-8,10-11H2,1-3H3. The lowest BCUT2D eigenvalue weighted by Crippen LogP contribution is -2.31. The molecule has 2 heterocycles. The van der Waals surface area contributed by atoms with Gasteiger partial charge in [-0.2, -0.15) is 16.9 Å². The maximum absolute atomic E-state index is 12.8. The molecule has 142 valence electrons. The first kappa shape index (κ1) is 20.4. The lowest BCUT2D eigenvalue weighted by Gasteiger charge is -2.20. The number of amides is 1. The van der Waals surface area contributed by atoms with Gasteiger partial charge in [0.1, 0.15) is 0 Å². The molecule has 0 N–H and O–H groups in total. The van der Waals surface area contributed by atoms with Crippen LogP contribution < -0.4 is 4.90 Å². The Bertz CT molecular complexity index is 716. The minimum atomic E-state index is -2.65. The molecule has 0 aliphatic rings. The molecule has 2 aromatic heterocycles. The molecule has 0 bridgehead atoms. The third-order valence-electron chi connectivity index (χ3n) is 3.84. The number of nitrogens with zero attached hydrogens (tertiary/aromatic N) is 4. The van der Waals surface area contributed by atoms with Crippen LogP contribution in [-0.4, -0.2) is 44.6 Å². The second kappa shape index (κ2) is 9.12. The number of pyridine rings is 1. The van der Waals surface area contributed by atoms with Crippen LogP contribution in [0.4, 0.5) is 14.5 Å². The summed E-state index contributed by atoms with van der Waals surface area (Å²) in [5, 5.41) is 4.46. The summed E-state index contributed by atoms with van der Waals surface area (Å²) < 4.78 is 27.3. The van der Waals surface area contributed by atoms with Crippen molar-refractivity contribution in [2.75, 3.05) is 23.0 Å². The number of aromatic nitrogens is 3. The van der Waals surface area contributed by atoms with Gasteiger partial charge in [-0.15, -0.1) is 0 Å². The minimum Gasteiger partial charge on any atom is -0.310 e. The zero-order valence-electron chi connectivity index (χ0n) is 15.3. The van der Waals surface area contributed by atoms with Crippen molar-refractivity contribution in [2.45, 2.75) is 39.5 Å². The number of aryl methyl sites for hydroxylation is 1. The summed E-state index contributed by atoms with van der Waals surface area (Å²) >= 11 is 1.38. The fraction of sp³-hybridized carbons (Fsp3) is 0.500. The fourth-order valence-corrected chi connectivity index (χ4v) is 3.49. The highest BCUT2D eigenvalue weighted by molar-refractivity contribution is 7.99. The highest BCUT2D eigenvalue weighted by Crippen LogP contribution is 2.23. The maximum Gasteiger partial charge on any atom is 0.246 e. The Hall–Kier alpha value is -1.96. The third kappa shape index (κ3) is 5.79. The molecule has 8 heteroatoms. The molecule has 0 aromatic carbocycles. The molecule has 2 aromatic rings. The molecule has 0 radical (unpaired) electrons. The fourth-order valence-electron chi connectivity index (χ4n) is 2.47. The van der Waals surface area contributed by atoms with Crippen LogP contribution in [0.25, 0.3) is 5.69 Å². The van der Waals surface area contributed by atoms with Crippen molar-refractivity contribution in [3.8, 4) is 5.69 Å². The molecule has 0 fully saturated rings. The van der Waals surface area contributed by atoms with Crippen molar-refractivity contribution in [3.05, 3.63) is 36.4 Å². The Balaban J connectivity index is 1.97. The minimum absolute atomic E-state index is 0.0305. The van der Waals surface area contributed by atoms with E-state index in [0.29, 0.717) is 24.5 Å². The summed E-state index contributed by atoms with van der Waals surface area (Å²) in [6.07, 6.45) is 5.35. The van der Waals surface area contributed by atoms with E-state index in [1.165, 1.54) is 11.8 Å². The van der Waals surface area contributed by atoms with Crippen LogP contribution in [0.15, 0.2) is 30.7 Å². The first-order valence-electron chi connectivity index (χ1n) is 8.54. The Morgan fingerprint density at radius 1 is 1.38 bits per heavy atom. The smallest absolute Gasteiger partial charge is 0.246 e. The first-order valence-corrected chi connectivity index (χ1v) is 9.70. The largest absolute Gasteiger partial charge is 0.310 e. The van der Waals surface area contributed by atoms with E-state index in [2.05, 4.69) is 10.1 Å². The molecule has 0 saturated carbocycles. The predicted molar refractivity (Wildman–Crippen MR) is 101 cm³/mol. The van der Waals surface area contributed by atoms with Gasteiger partial charge >= 0.3 is 0 Å². The van der Waals surface area contributed by atoms with E-state index in [1.54, 1.807) is 22.0 Å². The predicted octanol–water partition coefficient (Wildman–Crippen LogP) is 4.10. The number of carbonyl (C=O) groups excluding carboxylic acids is 1. The van der Waals surface area contributed by atoms with E-state index in [1.807, 2.05) is 32.2 Å². The van der Waals surface area contributed by atoms with Crippen molar-refractivity contribution in [1.29, 1.82) is 0 Å². The molecule has 5 nitrogen and oxygen atoms in total. The number of anilines is 1. The molecule has 26 heavy (non-hydrogen) atoms. The topological polar surface area (TPSA) is 51.0 Å². The van der Waals surface area contributed by atoms with Gasteiger partial charge in [-0.25, -0.2) is 13.5 Å². The quantitative estimate of drug-likeness (QED) is 0.613. The van der Waals surface area contributed by atoms with E-state index in [4.69, 9.17) is 0 Å². The summed E-state index contributed by atoms with van der Waals surface area (Å²) in [6.45, 7) is 5.20. The van der Waals surface area contributed by atoms with Crippen LogP contribution in [-0.2, 0) is 4.79 Å². The number of halogens is 2. The summed E-state index contributed by atoms with van der Waals surface area (Å²) in [5.41, 5.74) is 2.33. The second-order valence-corrected chi connectivity index (χ2v) is 7.30. The molecular formula is C18H24F2N4OS. The summed E-state index contributed by atoms with van der Waals surface area (Å²) in [7, 11) is 0. The lowest BCUT2D eigenvalue weighted by atomic mass is 10.3. The number of rotatable bonds is 9. The van der Waals surface area contributed by atoms with E-state index in [9.17, 15) is 13.6 Å². The van der Waals surface area contributed by atoms with Crippen LogP contribution in [0.1, 0.15) is 32.4 Å². The Morgan fingerprint density at radius 3 is 2.77 bits per heavy atom. The lowest BCUT2D eigenvalue weighted by molar-refractivity contribution is -0.118. The van der Waals surface area contributed by atoms with Crippen LogP contribution in [0.2, 0.25) is 0 Å². The Morgan fingerprint density at radius 2 is 2.15 bits per heavy atom. The van der Waals surface area contributed by atoms with Gasteiger partial charge in [0.2, 0.25) is 11.8 Å². The first-order chi connectivity index (χ1) is 12.3. The zero-order valence-corrected chi connectivity index (χ0v) is 16.1. The third-order valence-corrected chi connectivity index (χ3v) is 4.82. The van der Waals surface area contributed by atoms with Crippen LogP contribution in [0.5, 0.6) is 0 Å². The average molecular weight is 382 g/mol. The number of carbonyl (C=O) groups is 1. The van der Waals surface area contributed by atoms with Gasteiger partial charge in [0.25, 0.3) is 0 Å². The summed E-state index contributed by atoms with van der Waals surface area (Å²) in [6, 6.07) is 3.72. The van der Waals surface area contributed by atoms with Gasteiger partial charge < -0.3 is 4.90 Å². The normalized spacial score (nSPS) is 11.6. The second-order valence-electron chi connectivity index (χ2n) is 6.08. The van der Waals surface area contributed by atoms with Crippen molar-refractivity contribution in [3.63, 3.8) is 0 Å². The highest BCUT2D eigenvalue weighted by atomic mass is 32.2. The molecule has 1 amide bonds. The number of thioether (sulfide) groups is 1. The number of hydrogen-bond acceptors (Lipinski definition) is 4. The van der Waals surface area contributed by atoms with Crippen LogP contribution >= 0.6 is 11.8 Å². The van der Waals surface area contributed by atoms with Crippen LogP contribution in [0.3, 0.4) is 0 Å². The van der Waals surface area contributed by atoms with Crippen molar-refractivity contribution < 1.29 is 13.6 Å². The van der Waals surface area contributed by atoms with Gasteiger partial charge in [-0.05, 0) is 38.7 Å². The molecule has 0 aliphatic heterocycles. The van der Waals surface area contributed by atoms with Gasteiger partial charge in [-0.1, -0.05) is 0 Å². The van der Waals surface area contributed by atoms with Crippen molar-refractivity contribution in [1.82, 2.24) is 14.8 Å². The van der Waals surface area contributed by atoms with Crippen LogP contribution in [0, 0.1) is 6.92 Å². The highest BCUT2D eigenvalue weighted by Gasteiger charge is 2.21. The van der Waals surface area contributed by atoms with Gasteiger partial charge in [-0.3, -0.25) is 9.78 Å². The molecule has 0 spiro atoms. The summed E-state index contributed by atoms with van der Waals surface area (Å²) in [4.78, 5) is 18.3. The number of alkyl halides is 2. The van der Waals surface area contributed by atoms with Gasteiger partial charge in [0.15, 0.2) is 0 Å². The van der Waals surface area contributed by atoms with E-state index in [0.717, 1.165) is 24.0 Å². The molecule has 2 rings (SSSR count). The monoisotopic (exact) mass is 382 g/mol. The average Bonchev–Trinajstić information content (AvgIpc) is 2.97. The van der Waals surface area contributed by atoms with E-state index in [-0.39, 0.29) is 12.3 Å². The molecule has 0 atom stereocenters. The van der Waals surface area contributed by atoms with Crippen molar-refractivity contribution >= 4 is 23.4 Å². The molecule has 0 saturated heterocycles. The zero-order chi connectivity index (χ0) is 19.2. The van der Waals surface area contributed by atoms with Gasteiger partial charge in [0, 0.05) is 31.3 Å². The SMILES string of the molecule is CCN(C(=O)CCSCCC(C)(F)F)c1cn(-c2cccnc2)nc1C. The number of hydrogen-bond donors (Lipinski definition) is 0. The van der Waals surface area contributed by atoms with E-state index < -0.39 is 5.92 Å². The van der Waals surface area contributed by atoms with E-state index >= 15 is 0 Å². The Kier molecular flexibility index (Phi) is 7.14. The molecule has 0 unspecified atom stereocenters. The Labute approximate surface area is 156 Å².